The van der Waals surface area contributed by atoms with Crippen LogP contribution in [0.4, 0.5) is 0 Å². The van der Waals surface area contributed by atoms with Crippen LogP contribution in [-0.2, 0) is 6.61 Å². The largest absolute Gasteiger partial charge is 0.538 e. The van der Waals surface area contributed by atoms with Gasteiger partial charge in [0.2, 0.25) is 0 Å². The second-order valence-corrected chi connectivity index (χ2v) is 1.96. The molecule has 0 aliphatic rings. The van der Waals surface area contributed by atoms with Gasteiger partial charge < -0.3 is 14.8 Å². The summed E-state index contributed by atoms with van der Waals surface area (Å²) in [5, 5.41) is 17.0. The third kappa shape index (κ3) is 2.21. The average molecular weight is 153 g/mol. The van der Waals surface area contributed by atoms with Gasteiger partial charge in [-0.2, -0.15) is 0 Å². The summed E-state index contributed by atoms with van der Waals surface area (Å²) in [6.07, 6.45) is 3.00. The molecule has 0 aliphatic heterocycles. The molecule has 5 heteroatoms. The minimum atomic E-state index is -0.378. The van der Waals surface area contributed by atoms with Crippen LogP contribution in [0, 0.1) is 0 Å². The zero-order valence-corrected chi connectivity index (χ0v) is 5.90. The lowest BCUT2D eigenvalue weighted by molar-refractivity contribution is 0.281. The van der Waals surface area contributed by atoms with Gasteiger partial charge in [0.05, 0.1) is 12.8 Å². The fraction of sp³-hybridized carbons (Fsp3) is 0.167. The molecule has 0 amide bonds. The smallest absolute Gasteiger partial charge is 0.504 e. The highest BCUT2D eigenvalue weighted by Gasteiger charge is 1.95. The molecule has 0 bridgehead atoms. The number of aliphatic hydroxyl groups excluding tert-OH is 1. The molecule has 0 atom stereocenters. The van der Waals surface area contributed by atoms with Gasteiger partial charge in [-0.15, -0.1) is 0 Å². The highest BCUT2D eigenvalue weighted by Crippen LogP contribution is 2.09. The first-order chi connectivity index (χ1) is 5.36. The Morgan fingerprint density at radius 3 is 3.00 bits per heavy atom. The van der Waals surface area contributed by atoms with Crippen molar-refractivity contribution in [2.75, 3.05) is 0 Å². The topological polar surface area (TPSA) is 62.6 Å². The molecule has 2 N–H and O–H groups in total. The molecule has 0 aromatic carbocycles. The zero-order chi connectivity index (χ0) is 8.10. The first-order valence-electron chi connectivity index (χ1n) is 3.15. The monoisotopic (exact) mass is 153 g/mol. The first kappa shape index (κ1) is 8.04. The van der Waals surface area contributed by atoms with Crippen LogP contribution >= 0.6 is 0 Å². The van der Waals surface area contributed by atoms with Crippen molar-refractivity contribution in [3.8, 4) is 5.75 Å². The summed E-state index contributed by atoms with van der Waals surface area (Å²) in [6.45, 7) is -0.0738. The van der Waals surface area contributed by atoms with Crippen LogP contribution in [0.2, 0.25) is 0 Å². The summed E-state index contributed by atoms with van der Waals surface area (Å²) < 4.78 is 4.73. The van der Waals surface area contributed by atoms with Gasteiger partial charge in [0, 0.05) is 6.20 Å². The van der Waals surface area contributed by atoms with E-state index in [9.17, 15) is 0 Å². The third-order valence-electron chi connectivity index (χ3n) is 1.18. The Labute approximate surface area is 64.8 Å². The van der Waals surface area contributed by atoms with E-state index in [0.717, 1.165) is 0 Å². The Balaban J connectivity index is 2.74. The molecular weight excluding hydrogens is 145 g/mol. The summed E-state index contributed by atoms with van der Waals surface area (Å²) in [7, 11) is -0.378. The van der Waals surface area contributed by atoms with Gasteiger partial charge in [0.1, 0.15) is 5.75 Å². The van der Waals surface area contributed by atoms with E-state index in [1.54, 1.807) is 6.07 Å². The van der Waals surface area contributed by atoms with E-state index in [2.05, 4.69) is 4.98 Å². The first-order valence-corrected chi connectivity index (χ1v) is 3.15. The number of nitrogens with zero attached hydrogens (tertiary/aromatic N) is 1. The molecule has 1 rings (SSSR count). The van der Waals surface area contributed by atoms with Gasteiger partial charge in [-0.05, 0) is 11.6 Å². The van der Waals surface area contributed by atoms with E-state index in [0.29, 0.717) is 11.3 Å². The van der Waals surface area contributed by atoms with E-state index in [4.69, 9.17) is 14.8 Å². The number of hydrogen-bond donors (Lipinski definition) is 2. The quantitative estimate of drug-likeness (QED) is 0.558. The summed E-state index contributed by atoms with van der Waals surface area (Å²) in [6, 6.07) is 1.61. The van der Waals surface area contributed by atoms with Crippen molar-refractivity contribution in [3.05, 3.63) is 24.0 Å². The van der Waals surface area contributed by atoms with Crippen LogP contribution in [0.15, 0.2) is 18.5 Å². The molecule has 1 aromatic rings. The summed E-state index contributed by atoms with van der Waals surface area (Å²) in [5.74, 6) is 0.457. The number of aliphatic hydroxyl groups is 1. The molecule has 1 aromatic heterocycles. The predicted molar refractivity (Wildman–Crippen MR) is 40.2 cm³/mol. The van der Waals surface area contributed by atoms with Crippen molar-refractivity contribution in [2.24, 2.45) is 0 Å². The number of rotatable bonds is 3. The Hall–Kier alpha value is -1.07. The standard InChI is InChI=1S/C6H8BNO3/c9-4-5-1-6(11-7-10)3-8-2-5/h1-3,7,9-10H,4H2. The molecule has 1 heterocycles. The lowest BCUT2D eigenvalue weighted by Gasteiger charge is -2.01. The van der Waals surface area contributed by atoms with Crippen LogP contribution in [0.1, 0.15) is 5.56 Å². The van der Waals surface area contributed by atoms with Gasteiger partial charge in [-0.25, -0.2) is 0 Å². The molecule has 58 valence electrons. The van der Waals surface area contributed by atoms with Crippen LogP contribution in [0.5, 0.6) is 5.75 Å². The third-order valence-corrected chi connectivity index (χ3v) is 1.18. The van der Waals surface area contributed by atoms with E-state index in [1.165, 1.54) is 12.4 Å². The highest BCUT2D eigenvalue weighted by molar-refractivity contribution is 6.17. The van der Waals surface area contributed by atoms with Gasteiger partial charge in [0.15, 0.2) is 0 Å². The lowest BCUT2D eigenvalue weighted by Crippen LogP contribution is -2.00. The second-order valence-electron chi connectivity index (χ2n) is 1.96. The van der Waals surface area contributed by atoms with E-state index in [1.807, 2.05) is 0 Å². The highest BCUT2D eigenvalue weighted by atomic mass is 16.5. The second kappa shape index (κ2) is 3.95. The maximum absolute atomic E-state index is 8.67. The summed E-state index contributed by atoms with van der Waals surface area (Å²) >= 11 is 0. The Morgan fingerprint density at radius 1 is 1.55 bits per heavy atom. The minimum absolute atomic E-state index is 0.0738. The summed E-state index contributed by atoms with van der Waals surface area (Å²) in [4.78, 5) is 3.78. The van der Waals surface area contributed by atoms with Crippen LogP contribution in [0.25, 0.3) is 0 Å². The van der Waals surface area contributed by atoms with E-state index in [-0.39, 0.29) is 14.3 Å². The van der Waals surface area contributed by atoms with Crippen LogP contribution in [0.3, 0.4) is 0 Å². The van der Waals surface area contributed by atoms with Crippen molar-refractivity contribution in [1.82, 2.24) is 4.98 Å². The van der Waals surface area contributed by atoms with Crippen molar-refractivity contribution in [1.29, 1.82) is 0 Å². The van der Waals surface area contributed by atoms with Crippen molar-refractivity contribution in [3.63, 3.8) is 0 Å². The van der Waals surface area contributed by atoms with Gasteiger partial charge in [0.25, 0.3) is 0 Å². The van der Waals surface area contributed by atoms with Crippen molar-refractivity contribution < 1.29 is 14.8 Å². The number of aromatic nitrogens is 1. The molecular formula is C6H8BNO3. The lowest BCUT2D eigenvalue weighted by atomic mass is 10.3. The Morgan fingerprint density at radius 2 is 2.36 bits per heavy atom. The molecule has 0 spiro atoms. The van der Waals surface area contributed by atoms with Gasteiger partial charge in [-0.3, -0.25) is 4.98 Å². The average Bonchev–Trinajstić information content (AvgIpc) is 2.06. The molecule has 0 saturated carbocycles. The van der Waals surface area contributed by atoms with Crippen molar-refractivity contribution >= 4 is 7.69 Å². The predicted octanol–water partition coefficient (Wildman–Crippen LogP) is -0.788. The number of pyridine rings is 1. The Kier molecular flexibility index (Phi) is 2.89. The van der Waals surface area contributed by atoms with Crippen molar-refractivity contribution in [2.45, 2.75) is 6.61 Å². The Bertz CT molecular complexity index is 231. The molecule has 0 unspecified atom stereocenters. The fourth-order valence-electron chi connectivity index (χ4n) is 0.704. The van der Waals surface area contributed by atoms with Gasteiger partial charge >= 0.3 is 7.69 Å². The molecule has 11 heavy (non-hydrogen) atoms. The number of hydrogen-bond acceptors (Lipinski definition) is 4. The SMILES string of the molecule is OBOc1cncc(CO)c1. The van der Waals surface area contributed by atoms with Gasteiger partial charge in [-0.1, -0.05) is 0 Å². The molecule has 0 radical (unpaired) electrons. The maximum atomic E-state index is 8.67. The van der Waals surface area contributed by atoms with Crippen LogP contribution in [-0.4, -0.2) is 22.8 Å². The zero-order valence-electron chi connectivity index (χ0n) is 5.90. The molecule has 0 saturated heterocycles. The fourth-order valence-corrected chi connectivity index (χ4v) is 0.704. The minimum Gasteiger partial charge on any atom is -0.538 e. The van der Waals surface area contributed by atoms with E-state index >= 15 is 0 Å². The molecule has 0 aliphatic carbocycles. The molecule has 4 nitrogen and oxygen atoms in total. The molecule has 0 fully saturated rings. The van der Waals surface area contributed by atoms with Crippen LogP contribution < -0.4 is 4.65 Å². The summed E-state index contributed by atoms with van der Waals surface area (Å²) in [5.41, 5.74) is 0.663. The van der Waals surface area contributed by atoms with E-state index < -0.39 is 0 Å². The normalized spacial score (nSPS) is 9.27. The maximum Gasteiger partial charge on any atom is 0.504 e.